The van der Waals surface area contributed by atoms with Crippen LogP contribution in [0.3, 0.4) is 0 Å². The summed E-state index contributed by atoms with van der Waals surface area (Å²) >= 11 is 0. The predicted octanol–water partition coefficient (Wildman–Crippen LogP) is 1.41. The first-order valence-corrected chi connectivity index (χ1v) is 7.05. The van der Waals surface area contributed by atoms with E-state index in [0.717, 1.165) is 0 Å². The maximum atomic E-state index is 12.8. The molecule has 7 heteroatoms. The van der Waals surface area contributed by atoms with Crippen LogP contribution in [0.25, 0.3) is 0 Å². The van der Waals surface area contributed by atoms with Gasteiger partial charge in [0.15, 0.2) is 10.1 Å². The van der Waals surface area contributed by atoms with Crippen LogP contribution >= 0.6 is 0 Å². The number of ketones is 2. The Hall–Kier alpha value is -3.32. The lowest BCUT2D eigenvalue weighted by atomic mass is 10.0. The van der Waals surface area contributed by atoms with E-state index in [2.05, 4.69) is 10.0 Å². The van der Waals surface area contributed by atoms with Crippen molar-refractivity contribution in [3.63, 3.8) is 0 Å². The van der Waals surface area contributed by atoms with E-state index in [0.29, 0.717) is 16.0 Å². The number of benzene rings is 2. The van der Waals surface area contributed by atoms with Crippen LogP contribution in [0.5, 0.6) is 0 Å². The van der Waals surface area contributed by atoms with Crippen molar-refractivity contribution in [2.24, 2.45) is 0 Å². The van der Waals surface area contributed by atoms with Gasteiger partial charge in [-0.25, -0.2) is 0 Å². The van der Waals surface area contributed by atoms with Gasteiger partial charge < -0.3 is 0 Å². The van der Waals surface area contributed by atoms with Crippen LogP contribution in [0.4, 0.5) is 0 Å². The maximum absolute atomic E-state index is 12.8. The molecule has 1 aromatic heterocycles. The summed E-state index contributed by atoms with van der Waals surface area (Å²) in [6, 6.07) is 16.9. The molecule has 0 aliphatic carbocycles. The minimum absolute atomic E-state index is 0.156. The Morgan fingerprint density at radius 2 is 1.46 bits per heavy atom. The SMILES string of the molecule is COO[n+]1onc(C(=O)c2ccccc2)c1C(=O)c1ccccc1. The van der Waals surface area contributed by atoms with E-state index in [1.54, 1.807) is 60.7 Å². The highest BCUT2D eigenvalue weighted by Gasteiger charge is 2.38. The van der Waals surface area contributed by atoms with Crippen molar-refractivity contribution < 1.29 is 29.0 Å². The Balaban J connectivity index is 2.08. The van der Waals surface area contributed by atoms with Gasteiger partial charge in [0.05, 0.1) is 7.11 Å². The first kappa shape index (κ1) is 15.6. The third-order valence-electron chi connectivity index (χ3n) is 3.26. The minimum Gasteiger partial charge on any atom is -0.284 e. The average molecular weight is 325 g/mol. The molecule has 3 aromatic rings. The molecule has 0 aliphatic rings. The second kappa shape index (κ2) is 6.84. The van der Waals surface area contributed by atoms with Crippen molar-refractivity contribution in [2.45, 2.75) is 0 Å². The van der Waals surface area contributed by atoms with Gasteiger partial charge in [0.25, 0.3) is 0 Å². The van der Waals surface area contributed by atoms with Crippen LogP contribution in [-0.4, -0.2) is 23.8 Å². The van der Waals surface area contributed by atoms with E-state index in [1.165, 1.54) is 7.11 Å². The molecule has 0 saturated heterocycles. The van der Waals surface area contributed by atoms with Gasteiger partial charge in [0.2, 0.25) is 11.6 Å². The third kappa shape index (κ3) is 2.92. The lowest BCUT2D eigenvalue weighted by Gasteiger charge is -1.98. The van der Waals surface area contributed by atoms with Gasteiger partial charge in [0.1, 0.15) is 0 Å². The van der Waals surface area contributed by atoms with Crippen LogP contribution in [-0.2, 0) is 4.89 Å². The number of hydrogen-bond acceptors (Lipinski definition) is 6. The molecule has 7 nitrogen and oxygen atoms in total. The zero-order chi connectivity index (χ0) is 16.9. The molecule has 0 fully saturated rings. The largest absolute Gasteiger partial charge is 0.330 e. The Labute approximate surface area is 136 Å². The Kier molecular flexibility index (Phi) is 4.44. The molecule has 0 aliphatic heterocycles. The molecular weight excluding hydrogens is 312 g/mol. The Morgan fingerprint density at radius 1 is 0.917 bits per heavy atom. The minimum atomic E-state index is -0.479. The lowest BCUT2D eigenvalue weighted by molar-refractivity contribution is -1.07. The van der Waals surface area contributed by atoms with Crippen molar-refractivity contribution >= 4 is 11.6 Å². The lowest BCUT2D eigenvalue weighted by Crippen LogP contribution is -2.46. The van der Waals surface area contributed by atoms with Gasteiger partial charge in [0, 0.05) is 11.1 Å². The molecule has 0 spiro atoms. The summed E-state index contributed by atoms with van der Waals surface area (Å²) in [5, 5.41) is 3.67. The van der Waals surface area contributed by atoms with Crippen molar-refractivity contribution in [3.05, 3.63) is 83.2 Å². The fourth-order valence-electron chi connectivity index (χ4n) is 2.16. The van der Waals surface area contributed by atoms with Crippen molar-refractivity contribution in [1.29, 1.82) is 0 Å². The normalized spacial score (nSPS) is 10.4. The van der Waals surface area contributed by atoms with E-state index >= 15 is 0 Å². The van der Waals surface area contributed by atoms with Gasteiger partial charge in [-0.05, 0) is 4.63 Å². The summed E-state index contributed by atoms with van der Waals surface area (Å²) in [4.78, 5) is 35.3. The molecule has 0 saturated carbocycles. The zero-order valence-corrected chi connectivity index (χ0v) is 12.7. The fraction of sp³-hybridized carbons (Fsp3) is 0.0588. The van der Waals surface area contributed by atoms with Gasteiger partial charge >= 0.3 is 11.4 Å². The third-order valence-corrected chi connectivity index (χ3v) is 3.26. The molecule has 0 bridgehead atoms. The smallest absolute Gasteiger partial charge is 0.284 e. The molecule has 0 amide bonds. The molecule has 0 N–H and O–H groups in total. The summed E-state index contributed by atoms with van der Waals surface area (Å²) in [7, 11) is 1.24. The summed E-state index contributed by atoms with van der Waals surface area (Å²) in [6.45, 7) is 0. The molecule has 3 rings (SSSR count). The van der Waals surface area contributed by atoms with E-state index in [9.17, 15) is 9.59 Å². The van der Waals surface area contributed by atoms with Gasteiger partial charge in [-0.3, -0.25) is 9.59 Å². The highest BCUT2D eigenvalue weighted by atomic mass is 17.3. The molecule has 24 heavy (non-hydrogen) atoms. The zero-order valence-electron chi connectivity index (χ0n) is 12.7. The highest BCUT2D eigenvalue weighted by molar-refractivity contribution is 6.16. The van der Waals surface area contributed by atoms with Crippen LogP contribution in [0.2, 0.25) is 0 Å². The number of nitrogens with zero attached hydrogens (tertiary/aromatic N) is 2. The molecule has 0 atom stereocenters. The number of rotatable bonds is 6. The summed E-state index contributed by atoms with van der Waals surface area (Å²) in [6.07, 6.45) is 0. The van der Waals surface area contributed by atoms with Gasteiger partial charge in [-0.2, -0.15) is 0 Å². The summed E-state index contributed by atoms with van der Waals surface area (Å²) < 4.78 is 4.90. The first-order valence-electron chi connectivity index (χ1n) is 7.05. The number of carbonyl (C=O) groups excluding carboxylic acids is 2. The predicted molar refractivity (Wildman–Crippen MR) is 80.0 cm³/mol. The standard InChI is InChI=1S/C17H13N2O5/c1-22-24-19-15(17(21)13-10-6-3-7-11-13)14(18-23-19)16(20)12-8-4-2-5-9-12/h2-11H,1H3/q+1. The monoisotopic (exact) mass is 325 g/mol. The number of hydrogen-bond donors (Lipinski definition) is 0. The van der Waals surface area contributed by atoms with E-state index < -0.39 is 11.6 Å². The molecule has 0 unspecified atom stereocenters. The van der Waals surface area contributed by atoms with Crippen LogP contribution in [0, 0.1) is 0 Å². The van der Waals surface area contributed by atoms with Crippen molar-refractivity contribution in [1.82, 2.24) is 5.16 Å². The van der Waals surface area contributed by atoms with Gasteiger partial charge in [-0.15, -0.1) is 9.88 Å². The van der Waals surface area contributed by atoms with Crippen molar-refractivity contribution in [2.75, 3.05) is 7.11 Å². The Morgan fingerprint density at radius 3 is 2.00 bits per heavy atom. The first-order chi connectivity index (χ1) is 11.7. The average Bonchev–Trinajstić information content (AvgIpc) is 3.06. The maximum Gasteiger partial charge on any atom is 0.330 e. The second-order valence-electron chi connectivity index (χ2n) is 4.76. The summed E-state index contributed by atoms with van der Waals surface area (Å²) in [5.41, 5.74) is 0.415. The van der Waals surface area contributed by atoms with E-state index in [1.807, 2.05) is 0 Å². The highest BCUT2D eigenvalue weighted by Crippen LogP contribution is 2.14. The number of carbonyl (C=O) groups is 2. The molecule has 0 radical (unpaired) electrons. The quantitative estimate of drug-likeness (QED) is 0.387. The second-order valence-corrected chi connectivity index (χ2v) is 4.76. The van der Waals surface area contributed by atoms with E-state index in [-0.39, 0.29) is 11.4 Å². The molecule has 1 heterocycles. The molecule has 120 valence electrons. The fourth-order valence-corrected chi connectivity index (χ4v) is 2.16. The molecule has 2 aromatic carbocycles. The van der Waals surface area contributed by atoms with Crippen LogP contribution in [0.1, 0.15) is 32.1 Å². The van der Waals surface area contributed by atoms with Crippen LogP contribution in [0.15, 0.2) is 65.3 Å². The van der Waals surface area contributed by atoms with Crippen LogP contribution < -0.4 is 9.89 Å². The van der Waals surface area contributed by atoms with Gasteiger partial charge in [-0.1, -0.05) is 60.7 Å². The Bertz CT molecular complexity index is 859. The molecular formula is C17H13N2O5+. The van der Waals surface area contributed by atoms with Crippen molar-refractivity contribution in [3.8, 4) is 0 Å². The topological polar surface area (TPSA) is 82.5 Å². The summed E-state index contributed by atoms with van der Waals surface area (Å²) in [5.74, 6) is -0.940. The van der Waals surface area contributed by atoms with E-state index in [4.69, 9.17) is 9.62 Å². The number of aromatic nitrogens is 2.